The van der Waals surface area contributed by atoms with Gasteiger partial charge in [-0.15, -0.1) is 0 Å². The average molecular weight is 621 g/mol. The second-order valence-electron chi connectivity index (χ2n) is 11.0. The largest absolute Gasteiger partial charge is 0.480 e. The van der Waals surface area contributed by atoms with Crippen molar-refractivity contribution >= 4 is 51.4 Å². The van der Waals surface area contributed by atoms with Crippen LogP contribution in [0.4, 0.5) is 4.39 Å². The lowest BCUT2D eigenvalue weighted by molar-refractivity contribution is -0.137. The number of hydrogen-bond acceptors (Lipinski definition) is 7. The molecule has 45 heavy (non-hydrogen) atoms. The van der Waals surface area contributed by atoms with Crippen molar-refractivity contribution in [1.29, 1.82) is 0 Å². The van der Waals surface area contributed by atoms with Crippen molar-refractivity contribution in [2.45, 2.75) is 38.1 Å². The number of benzene rings is 2. The Morgan fingerprint density at radius 1 is 1.00 bits per heavy atom. The fourth-order valence-electron chi connectivity index (χ4n) is 5.67. The number of aromatic nitrogens is 4. The van der Waals surface area contributed by atoms with Crippen molar-refractivity contribution in [3.8, 4) is 11.1 Å². The molecule has 0 spiro atoms. The van der Waals surface area contributed by atoms with Gasteiger partial charge in [-0.2, -0.15) is 10.2 Å². The number of nitrogens with zero attached hydrogens (tertiary/aromatic N) is 5. The zero-order chi connectivity index (χ0) is 32.2. The van der Waals surface area contributed by atoms with Crippen LogP contribution in [-0.2, 0) is 37.6 Å². The van der Waals surface area contributed by atoms with Crippen LogP contribution in [0.2, 0.25) is 0 Å². The SMILES string of the molecule is Cn1ncc2cc(F)c(-c3cccc4c3c(C3CCN(C(=O)CCC(N)=O)CC3)nn4CC(=O)NCC(=O)NCC(=O)O)cc21. The second-order valence-corrected chi connectivity index (χ2v) is 11.0. The Kier molecular flexibility index (Phi) is 9.06. The van der Waals surface area contributed by atoms with Crippen LogP contribution < -0.4 is 16.4 Å². The Bertz CT molecular complexity index is 1810. The Labute approximate surface area is 256 Å². The quantitative estimate of drug-likeness (QED) is 0.191. The van der Waals surface area contributed by atoms with E-state index >= 15 is 4.39 Å². The number of amides is 4. The Balaban J connectivity index is 1.47. The monoisotopic (exact) mass is 620 g/mol. The lowest BCUT2D eigenvalue weighted by Crippen LogP contribution is -2.40. The lowest BCUT2D eigenvalue weighted by atomic mass is 9.88. The maximum absolute atomic E-state index is 15.6. The first-order valence-electron chi connectivity index (χ1n) is 14.4. The van der Waals surface area contributed by atoms with Gasteiger partial charge >= 0.3 is 5.97 Å². The number of likely N-dealkylation sites (tertiary alicyclic amines) is 1. The Morgan fingerprint density at radius 3 is 2.44 bits per heavy atom. The highest BCUT2D eigenvalue weighted by Gasteiger charge is 2.29. The second kappa shape index (κ2) is 13.1. The number of aryl methyl sites for hydroxylation is 1. The third kappa shape index (κ3) is 6.92. The number of piperidine rings is 1. The van der Waals surface area contributed by atoms with Crippen LogP contribution in [0.15, 0.2) is 36.5 Å². The van der Waals surface area contributed by atoms with Crippen LogP contribution in [0.1, 0.15) is 37.3 Å². The van der Waals surface area contributed by atoms with E-state index in [4.69, 9.17) is 15.9 Å². The van der Waals surface area contributed by atoms with Gasteiger partial charge < -0.3 is 26.4 Å². The highest BCUT2D eigenvalue weighted by molar-refractivity contribution is 6.00. The van der Waals surface area contributed by atoms with Crippen LogP contribution >= 0.6 is 0 Å². The zero-order valence-corrected chi connectivity index (χ0v) is 24.6. The molecule has 1 saturated heterocycles. The van der Waals surface area contributed by atoms with Crippen molar-refractivity contribution in [3.63, 3.8) is 0 Å². The molecule has 0 atom stereocenters. The topological polar surface area (TPSA) is 195 Å². The van der Waals surface area contributed by atoms with Crippen molar-refractivity contribution in [1.82, 2.24) is 35.1 Å². The third-order valence-electron chi connectivity index (χ3n) is 7.93. The minimum absolute atomic E-state index is 0.0208. The summed E-state index contributed by atoms with van der Waals surface area (Å²) in [6.45, 7) is -0.372. The first kappa shape index (κ1) is 31.1. The van der Waals surface area contributed by atoms with Crippen LogP contribution in [-0.4, -0.2) is 85.3 Å². The molecule has 0 radical (unpaired) electrons. The normalized spacial score (nSPS) is 13.7. The van der Waals surface area contributed by atoms with Gasteiger partial charge in [0.15, 0.2) is 0 Å². The minimum Gasteiger partial charge on any atom is -0.480 e. The number of nitrogens with two attached hydrogens (primary N) is 1. The summed E-state index contributed by atoms with van der Waals surface area (Å²) in [5.41, 5.74) is 8.10. The summed E-state index contributed by atoms with van der Waals surface area (Å²) in [6, 6.07) is 8.50. The summed E-state index contributed by atoms with van der Waals surface area (Å²) in [5.74, 6) is -3.65. The maximum atomic E-state index is 15.6. The smallest absolute Gasteiger partial charge is 0.322 e. The van der Waals surface area contributed by atoms with Gasteiger partial charge in [0, 0.05) is 55.2 Å². The molecule has 15 heteroatoms. The van der Waals surface area contributed by atoms with Crippen molar-refractivity contribution in [2.24, 2.45) is 12.8 Å². The molecule has 4 aromatic rings. The summed E-state index contributed by atoms with van der Waals surface area (Å²) in [5, 5.41) is 23.8. The number of primary amides is 1. The number of halogens is 1. The molecule has 0 unspecified atom stereocenters. The molecular formula is C30H33FN8O6. The molecule has 4 amide bonds. The molecule has 0 bridgehead atoms. The van der Waals surface area contributed by atoms with E-state index in [0.717, 1.165) is 5.52 Å². The Hall–Kier alpha value is -5.34. The molecule has 1 fully saturated rings. The lowest BCUT2D eigenvalue weighted by Gasteiger charge is -2.31. The van der Waals surface area contributed by atoms with E-state index in [1.807, 2.05) is 0 Å². The molecule has 2 aromatic heterocycles. The number of carbonyl (C=O) groups excluding carboxylic acids is 4. The van der Waals surface area contributed by atoms with Gasteiger partial charge in [0.25, 0.3) is 0 Å². The summed E-state index contributed by atoms with van der Waals surface area (Å²) < 4.78 is 18.8. The van der Waals surface area contributed by atoms with Crippen LogP contribution in [0.3, 0.4) is 0 Å². The zero-order valence-electron chi connectivity index (χ0n) is 24.6. The van der Waals surface area contributed by atoms with Crippen LogP contribution in [0.5, 0.6) is 0 Å². The summed E-state index contributed by atoms with van der Waals surface area (Å²) in [6.07, 6.45) is 2.73. The number of carboxylic acid groups (broad SMARTS) is 1. The van der Waals surface area contributed by atoms with Crippen molar-refractivity contribution < 1.29 is 33.5 Å². The van der Waals surface area contributed by atoms with Crippen LogP contribution in [0, 0.1) is 5.82 Å². The molecule has 1 aliphatic rings. The van der Waals surface area contributed by atoms with Gasteiger partial charge in [0.05, 0.1) is 29.5 Å². The van der Waals surface area contributed by atoms with E-state index in [1.165, 1.54) is 10.7 Å². The van der Waals surface area contributed by atoms with E-state index < -0.39 is 42.6 Å². The average Bonchev–Trinajstić information content (AvgIpc) is 3.56. The van der Waals surface area contributed by atoms with Crippen molar-refractivity contribution in [2.75, 3.05) is 26.2 Å². The number of aliphatic carboxylic acids is 1. The molecule has 1 aliphatic heterocycles. The Morgan fingerprint density at radius 2 is 1.73 bits per heavy atom. The molecule has 236 valence electrons. The number of nitrogens with one attached hydrogen (secondary N) is 2. The number of carboxylic acids is 1. The first-order valence-corrected chi connectivity index (χ1v) is 14.4. The predicted octanol–water partition coefficient (Wildman–Crippen LogP) is 1.02. The van der Waals surface area contributed by atoms with E-state index in [9.17, 15) is 24.0 Å². The number of hydrogen-bond donors (Lipinski definition) is 4. The highest BCUT2D eigenvalue weighted by atomic mass is 19.1. The fraction of sp³-hybridized carbons (Fsp3) is 0.367. The van der Waals surface area contributed by atoms with Gasteiger partial charge in [0.2, 0.25) is 23.6 Å². The van der Waals surface area contributed by atoms with E-state index in [1.54, 1.807) is 47.1 Å². The molecule has 5 N–H and O–H groups in total. The standard InChI is InChI=1S/C30H33FN8O6/c1-37-23-12-20(21(31)11-18(23)13-35-37)19-3-2-4-22-29(19)30(17-7-9-38(10-8-17)27(43)6-5-24(32)40)36-39(22)16-26(42)33-14-25(41)34-15-28(44)45/h2-4,11-13,17H,5-10,14-16H2,1H3,(H2,32,40)(H,33,42)(H,34,41)(H,44,45). The van der Waals surface area contributed by atoms with Gasteiger partial charge in [0.1, 0.15) is 18.9 Å². The van der Waals surface area contributed by atoms with Crippen molar-refractivity contribution in [3.05, 3.63) is 48.0 Å². The van der Waals surface area contributed by atoms with Crippen LogP contribution in [0.25, 0.3) is 32.9 Å². The minimum atomic E-state index is -1.21. The predicted molar refractivity (Wildman–Crippen MR) is 160 cm³/mol. The number of carbonyl (C=O) groups is 5. The number of rotatable bonds is 11. The van der Waals surface area contributed by atoms with Gasteiger partial charge in [-0.25, -0.2) is 4.39 Å². The van der Waals surface area contributed by atoms with Gasteiger partial charge in [-0.05, 0) is 36.6 Å². The highest BCUT2D eigenvalue weighted by Crippen LogP contribution is 2.39. The molecular weight excluding hydrogens is 587 g/mol. The number of fused-ring (bicyclic) bond motifs is 2. The fourth-order valence-corrected chi connectivity index (χ4v) is 5.67. The maximum Gasteiger partial charge on any atom is 0.322 e. The van der Waals surface area contributed by atoms with E-state index in [2.05, 4.69) is 15.7 Å². The third-order valence-corrected chi connectivity index (χ3v) is 7.93. The molecule has 0 aliphatic carbocycles. The van der Waals surface area contributed by atoms with E-state index in [-0.39, 0.29) is 31.2 Å². The molecule has 0 saturated carbocycles. The molecule has 3 heterocycles. The summed E-state index contributed by atoms with van der Waals surface area (Å²) >= 11 is 0. The first-order chi connectivity index (χ1) is 21.5. The molecule has 2 aromatic carbocycles. The van der Waals surface area contributed by atoms with Gasteiger partial charge in [-0.3, -0.25) is 33.3 Å². The molecule has 14 nitrogen and oxygen atoms in total. The summed E-state index contributed by atoms with van der Waals surface area (Å²) in [7, 11) is 1.77. The van der Waals surface area contributed by atoms with E-state index in [0.29, 0.717) is 59.0 Å². The summed E-state index contributed by atoms with van der Waals surface area (Å²) in [4.78, 5) is 60.9. The van der Waals surface area contributed by atoms with Gasteiger partial charge in [-0.1, -0.05) is 12.1 Å². The molecule has 5 rings (SSSR count).